The van der Waals surface area contributed by atoms with Crippen molar-refractivity contribution in [2.24, 2.45) is 5.92 Å². The van der Waals surface area contributed by atoms with E-state index in [2.05, 4.69) is 31.9 Å². The van der Waals surface area contributed by atoms with Crippen molar-refractivity contribution in [2.45, 2.75) is 10.3 Å². The third kappa shape index (κ3) is 5.51. The van der Waals surface area contributed by atoms with Crippen LogP contribution < -0.4 is 16.0 Å². The molecular weight excluding hydrogens is 657 g/mol. The van der Waals surface area contributed by atoms with Gasteiger partial charge in [-0.25, -0.2) is 8.78 Å². The van der Waals surface area contributed by atoms with Gasteiger partial charge in [0.1, 0.15) is 15.8 Å². The molecule has 2 unspecified atom stereocenters. The molecule has 0 radical (unpaired) electrons. The van der Waals surface area contributed by atoms with E-state index in [1.54, 1.807) is 12.1 Å². The fourth-order valence-electron chi connectivity index (χ4n) is 3.89. The van der Waals surface area contributed by atoms with E-state index in [9.17, 15) is 18.4 Å². The van der Waals surface area contributed by atoms with Gasteiger partial charge in [-0.3, -0.25) is 9.59 Å². The van der Waals surface area contributed by atoms with Crippen molar-refractivity contribution in [1.29, 1.82) is 0 Å². The number of carbonyl (C=O) groups is 2. The lowest BCUT2D eigenvalue weighted by atomic mass is 10.1. The zero-order chi connectivity index (χ0) is 27.2. The summed E-state index contributed by atoms with van der Waals surface area (Å²) in [5.74, 6) is -4.48. The predicted octanol–water partition coefficient (Wildman–Crippen LogP) is 8.51. The quantitative estimate of drug-likeness (QED) is 0.182. The second-order valence-corrected chi connectivity index (χ2v) is 11.6. The summed E-state index contributed by atoms with van der Waals surface area (Å²) in [5.41, 5.74) is 0.121. The Kier molecular flexibility index (Phi) is 8.19. The topological polar surface area (TPSA) is 70.2 Å². The summed E-state index contributed by atoms with van der Waals surface area (Å²) in [7, 11) is 1.34. The van der Waals surface area contributed by atoms with Crippen LogP contribution in [0.15, 0.2) is 46.9 Å². The van der Waals surface area contributed by atoms with Crippen LogP contribution in [-0.4, -0.2) is 23.2 Å². The summed E-state index contributed by atoms with van der Waals surface area (Å²) in [6.45, 7) is 0. The lowest BCUT2D eigenvalue weighted by molar-refractivity contribution is -0.117. The van der Waals surface area contributed by atoms with Gasteiger partial charge in [-0.05, 0) is 64.0 Å². The first kappa shape index (κ1) is 28.2. The van der Waals surface area contributed by atoms with Crippen LogP contribution in [0.5, 0.6) is 0 Å². The SMILES string of the molecule is CNc1c(F)ccc(NC(=O)c2cc(NC(=O)C3C(c4cc(Cl)c(Cl)c(Br)c4)C3(Cl)Cl)ccc2Cl)c1F. The number of alkyl halides is 2. The first-order chi connectivity index (χ1) is 17.4. The van der Waals surface area contributed by atoms with Crippen molar-refractivity contribution in [1.82, 2.24) is 0 Å². The first-order valence-corrected chi connectivity index (χ1v) is 13.1. The van der Waals surface area contributed by atoms with Crippen LogP contribution in [0.25, 0.3) is 0 Å². The number of amides is 2. The number of halogens is 8. The predicted molar refractivity (Wildman–Crippen MR) is 149 cm³/mol. The molecule has 3 N–H and O–H groups in total. The summed E-state index contributed by atoms with van der Waals surface area (Å²) >= 11 is 34.6. The molecule has 2 atom stereocenters. The molecule has 1 saturated carbocycles. The first-order valence-electron chi connectivity index (χ1n) is 10.5. The summed E-state index contributed by atoms with van der Waals surface area (Å²) < 4.78 is 27.4. The molecular formula is C24H15BrCl5F2N3O2. The Morgan fingerprint density at radius 1 is 0.973 bits per heavy atom. The summed E-state index contributed by atoms with van der Waals surface area (Å²) in [5, 5.41) is 8.05. The molecule has 5 nitrogen and oxygen atoms in total. The van der Waals surface area contributed by atoms with Crippen molar-refractivity contribution in [3.63, 3.8) is 0 Å². The largest absolute Gasteiger partial charge is 0.383 e. The standard InChI is InChI=1S/C24H15BrCl5F2N3O2/c1-33-21-15(31)4-5-16(20(21)32)35-22(36)11-8-10(2-3-13(11)26)34-23(37)18-17(24(18,29)30)9-6-12(25)19(28)14(27)7-9/h2-8,17-18,33H,1H3,(H,34,37)(H,35,36). The van der Waals surface area contributed by atoms with Crippen LogP contribution in [-0.2, 0) is 4.79 Å². The third-order valence-electron chi connectivity index (χ3n) is 5.77. The minimum atomic E-state index is -1.40. The highest BCUT2D eigenvalue weighted by atomic mass is 79.9. The summed E-state index contributed by atoms with van der Waals surface area (Å²) in [6.07, 6.45) is 0. The highest BCUT2D eigenvalue weighted by Gasteiger charge is 2.67. The van der Waals surface area contributed by atoms with Gasteiger partial charge in [-0.1, -0.05) is 34.8 Å². The molecule has 13 heteroatoms. The monoisotopic (exact) mass is 669 g/mol. The summed E-state index contributed by atoms with van der Waals surface area (Å²) in [4.78, 5) is 25.9. The summed E-state index contributed by atoms with van der Waals surface area (Å²) in [6, 6.07) is 9.54. The van der Waals surface area contributed by atoms with Gasteiger partial charge >= 0.3 is 0 Å². The Morgan fingerprint density at radius 2 is 1.68 bits per heavy atom. The molecule has 0 saturated heterocycles. The van der Waals surface area contributed by atoms with Gasteiger partial charge in [0.15, 0.2) is 5.82 Å². The van der Waals surface area contributed by atoms with Crippen LogP contribution in [0.3, 0.4) is 0 Å². The molecule has 0 aliphatic heterocycles. The number of benzene rings is 3. The fraction of sp³-hybridized carbons (Fsp3) is 0.167. The van der Waals surface area contributed by atoms with E-state index < -0.39 is 45.3 Å². The van der Waals surface area contributed by atoms with Gasteiger partial charge in [0, 0.05) is 23.1 Å². The fourth-order valence-corrected chi connectivity index (χ4v) is 5.85. The van der Waals surface area contributed by atoms with Crippen LogP contribution in [0.1, 0.15) is 21.8 Å². The van der Waals surface area contributed by atoms with Crippen LogP contribution in [0, 0.1) is 17.6 Å². The number of anilines is 3. The Morgan fingerprint density at radius 3 is 2.32 bits per heavy atom. The number of rotatable bonds is 6. The maximum absolute atomic E-state index is 14.5. The van der Waals surface area contributed by atoms with E-state index >= 15 is 0 Å². The molecule has 0 heterocycles. The molecule has 3 aromatic carbocycles. The molecule has 2 amide bonds. The molecule has 194 valence electrons. The Balaban J connectivity index is 1.53. The van der Waals surface area contributed by atoms with E-state index in [-0.39, 0.29) is 27.0 Å². The molecule has 0 bridgehead atoms. The smallest absolute Gasteiger partial charge is 0.257 e. The van der Waals surface area contributed by atoms with Crippen LogP contribution in [0.4, 0.5) is 25.8 Å². The third-order valence-corrected chi connectivity index (χ3v) is 8.69. The van der Waals surface area contributed by atoms with Crippen LogP contribution in [0.2, 0.25) is 15.1 Å². The van der Waals surface area contributed by atoms with E-state index in [0.29, 0.717) is 15.1 Å². The number of hydrogen-bond donors (Lipinski definition) is 3. The lowest BCUT2D eigenvalue weighted by Gasteiger charge is -2.12. The average Bonchev–Trinajstić information content (AvgIpc) is 3.42. The minimum Gasteiger partial charge on any atom is -0.383 e. The highest BCUT2D eigenvalue weighted by molar-refractivity contribution is 9.10. The second kappa shape index (κ2) is 10.8. The van der Waals surface area contributed by atoms with E-state index in [1.165, 1.54) is 25.2 Å². The Hall–Kier alpha value is -1.81. The zero-order valence-corrected chi connectivity index (χ0v) is 23.9. The number of nitrogens with one attached hydrogen (secondary N) is 3. The molecule has 1 aliphatic rings. The second-order valence-electron chi connectivity index (χ2n) is 8.10. The average molecular weight is 673 g/mol. The van der Waals surface area contributed by atoms with Gasteiger partial charge in [0.05, 0.1) is 32.2 Å². The molecule has 0 spiro atoms. The number of hydrogen-bond acceptors (Lipinski definition) is 3. The molecule has 1 aliphatic carbocycles. The van der Waals surface area contributed by atoms with E-state index in [4.69, 9.17) is 58.0 Å². The molecule has 0 aromatic heterocycles. The molecule has 37 heavy (non-hydrogen) atoms. The maximum Gasteiger partial charge on any atom is 0.257 e. The number of carbonyl (C=O) groups excluding carboxylic acids is 2. The van der Waals surface area contributed by atoms with Gasteiger partial charge in [-0.2, -0.15) is 0 Å². The molecule has 1 fully saturated rings. The van der Waals surface area contributed by atoms with Gasteiger partial charge in [-0.15, -0.1) is 23.2 Å². The molecule has 4 rings (SSSR count). The van der Waals surface area contributed by atoms with Gasteiger partial charge < -0.3 is 16.0 Å². The van der Waals surface area contributed by atoms with Gasteiger partial charge in [0.2, 0.25) is 5.91 Å². The van der Waals surface area contributed by atoms with Crippen molar-refractivity contribution in [3.8, 4) is 0 Å². The van der Waals surface area contributed by atoms with E-state index in [1.807, 2.05) is 0 Å². The van der Waals surface area contributed by atoms with Gasteiger partial charge in [0.25, 0.3) is 5.91 Å². The highest BCUT2D eigenvalue weighted by Crippen LogP contribution is 2.65. The lowest BCUT2D eigenvalue weighted by Crippen LogP contribution is -2.18. The van der Waals surface area contributed by atoms with Crippen molar-refractivity contribution >= 4 is 103 Å². The maximum atomic E-state index is 14.5. The van der Waals surface area contributed by atoms with E-state index in [0.717, 1.165) is 12.1 Å². The normalized spacial score (nSPS) is 17.8. The van der Waals surface area contributed by atoms with Crippen molar-refractivity contribution in [2.75, 3.05) is 23.0 Å². The minimum absolute atomic E-state index is 0.0425. The van der Waals surface area contributed by atoms with Crippen molar-refractivity contribution in [3.05, 3.63) is 84.8 Å². The Bertz CT molecular complexity index is 1420. The van der Waals surface area contributed by atoms with Crippen molar-refractivity contribution < 1.29 is 18.4 Å². The zero-order valence-electron chi connectivity index (χ0n) is 18.5. The molecule has 3 aromatic rings. The Labute approximate surface area is 243 Å². The van der Waals surface area contributed by atoms with Crippen LogP contribution >= 0.6 is 73.9 Å².